The van der Waals surface area contributed by atoms with Crippen LogP contribution in [0.15, 0.2) is 28.4 Å². The van der Waals surface area contributed by atoms with Crippen LogP contribution in [0.5, 0.6) is 0 Å². The molecule has 1 aromatic rings. The Morgan fingerprint density at radius 3 is 2.57 bits per heavy atom. The molecule has 0 unspecified atom stereocenters. The van der Waals surface area contributed by atoms with E-state index in [2.05, 4.69) is 16.9 Å². The minimum absolute atomic E-state index is 0.00175. The molecule has 6 heteroatoms. The van der Waals surface area contributed by atoms with Gasteiger partial charge >= 0.3 is 0 Å². The van der Waals surface area contributed by atoms with Gasteiger partial charge in [0.15, 0.2) is 0 Å². The van der Waals surface area contributed by atoms with Gasteiger partial charge in [0.05, 0.1) is 17.9 Å². The van der Waals surface area contributed by atoms with E-state index in [4.69, 9.17) is 0 Å². The summed E-state index contributed by atoms with van der Waals surface area (Å²) < 4.78 is 0. The fourth-order valence-electron chi connectivity index (χ4n) is 2.07. The highest BCUT2D eigenvalue weighted by molar-refractivity contribution is 6.00. The second kappa shape index (κ2) is 7.54. The molecule has 21 heavy (non-hydrogen) atoms. The Labute approximate surface area is 125 Å². The van der Waals surface area contributed by atoms with Crippen molar-refractivity contribution in [2.24, 2.45) is 10.2 Å². The number of benzene rings is 1. The topological polar surface area (TPSA) is 68.5 Å². The van der Waals surface area contributed by atoms with Gasteiger partial charge < -0.3 is 4.90 Å². The van der Waals surface area contributed by atoms with Crippen molar-refractivity contribution in [3.8, 4) is 0 Å². The van der Waals surface area contributed by atoms with Crippen molar-refractivity contribution in [3.05, 3.63) is 23.8 Å². The lowest BCUT2D eigenvalue weighted by molar-refractivity contribution is -0.118. The van der Waals surface area contributed by atoms with E-state index in [1.54, 1.807) is 31.0 Å². The Bertz CT molecular complexity index is 553. The molecule has 0 heterocycles. The average Bonchev–Trinajstić information content (AvgIpc) is 2.43. The van der Waals surface area contributed by atoms with Crippen molar-refractivity contribution in [1.29, 1.82) is 0 Å². The number of aryl methyl sites for hydroxylation is 1. The number of nitrogens with zero attached hydrogens (tertiary/aromatic N) is 4. The van der Waals surface area contributed by atoms with Crippen molar-refractivity contribution in [3.63, 3.8) is 0 Å². The molecule has 0 atom stereocenters. The van der Waals surface area contributed by atoms with Crippen LogP contribution in [0.1, 0.15) is 25.8 Å². The number of carbonyl (C=O) groups is 1. The number of hydrogen-bond donors (Lipinski definition) is 1. The third-order valence-corrected chi connectivity index (χ3v) is 3.07. The molecule has 1 rings (SSSR count). The number of anilines is 2. The van der Waals surface area contributed by atoms with E-state index in [0.29, 0.717) is 24.4 Å². The van der Waals surface area contributed by atoms with Crippen LogP contribution >= 0.6 is 0 Å². The lowest BCUT2D eigenvalue weighted by atomic mass is 10.1. The molecule has 0 aliphatic rings. The van der Waals surface area contributed by atoms with Crippen LogP contribution < -0.4 is 9.96 Å². The lowest BCUT2D eigenvalue weighted by Crippen LogP contribution is -2.34. The van der Waals surface area contributed by atoms with E-state index in [9.17, 15) is 10.0 Å². The summed E-state index contributed by atoms with van der Waals surface area (Å²) in [5, 5.41) is 17.9. The van der Waals surface area contributed by atoms with Gasteiger partial charge in [-0.2, -0.15) is 10.2 Å². The van der Waals surface area contributed by atoms with Crippen molar-refractivity contribution >= 4 is 29.7 Å². The minimum atomic E-state index is -0.00175. The molecule has 0 radical (unpaired) electrons. The molecule has 114 valence electrons. The smallest absolute Gasteiger partial charge is 0.227 e. The van der Waals surface area contributed by atoms with E-state index in [-0.39, 0.29) is 5.91 Å². The Kier molecular flexibility index (Phi) is 6.05. The molecule has 0 saturated carbocycles. The van der Waals surface area contributed by atoms with Gasteiger partial charge in [0, 0.05) is 25.9 Å². The van der Waals surface area contributed by atoms with E-state index in [0.717, 1.165) is 16.3 Å². The molecule has 6 nitrogen and oxygen atoms in total. The summed E-state index contributed by atoms with van der Waals surface area (Å²) in [5.74, 6) is -0.00175. The highest BCUT2D eigenvalue weighted by Crippen LogP contribution is 2.24. The van der Waals surface area contributed by atoms with E-state index in [1.807, 2.05) is 19.9 Å². The highest BCUT2D eigenvalue weighted by Gasteiger charge is 2.16. The van der Waals surface area contributed by atoms with Gasteiger partial charge in [0.2, 0.25) is 5.91 Å². The number of rotatable bonds is 6. The molecular weight excluding hydrogens is 268 g/mol. The fourth-order valence-corrected chi connectivity index (χ4v) is 2.07. The van der Waals surface area contributed by atoms with Crippen LogP contribution in [-0.4, -0.2) is 37.1 Å². The Morgan fingerprint density at radius 1 is 1.43 bits per heavy atom. The summed E-state index contributed by atoms with van der Waals surface area (Å²) in [6, 6.07) is 5.44. The quantitative estimate of drug-likeness (QED) is 0.647. The Balaban J connectivity index is 3.15. The molecule has 1 amide bonds. The largest absolute Gasteiger partial charge is 0.307 e. The molecule has 0 fully saturated rings. The van der Waals surface area contributed by atoms with Crippen molar-refractivity contribution in [2.75, 3.05) is 23.6 Å². The second-order valence-electron chi connectivity index (χ2n) is 4.80. The summed E-state index contributed by atoms with van der Waals surface area (Å²) in [5.41, 5.74) is 3.04. The second-order valence-corrected chi connectivity index (χ2v) is 4.80. The number of carbonyl (C=O) groups excluding carboxylic acids is 1. The zero-order valence-corrected chi connectivity index (χ0v) is 13.0. The average molecular weight is 290 g/mol. The van der Waals surface area contributed by atoms with Crippen LogP contribution in [-0.2, 0) is 4.79 Å². The molecule has 0 aliphatic heterocycles. The van der Waals surface area contributed by atoms with Gasteiger partial charge in [-0.05, 0) is 37.6 Å². The van der Waals surface area contributed by atoms with E-state index in [1.165, 1.54) is 0 Å². The molecule has 0 bridgehead atoms. The molecule has 0 aromatic heterocycles. The monoisotopic (exact) mass is 290 g/mol. The number of amides is 1. The molecular formula is C15H22N4O2. The molecule has 1 aromatic carbocycles. The standard InChI is InChI=1S/C15H22N4O2/c1-6-15(20)19(10-12(3)17-16-4)13-7-8-14(18(5)21)11(2)9-13/h7-9,21H,4,6,10H2,1-3,5H3/b17-12-. The predicted molar refractivity (Wildman–Crippen MR) is 86.7 cm³/mol. The maximum atomic E-state index is 12.1. The summed E-state index contributed by atoms with van der Waals surface area (Å²) >= 11 is 0. The summed E-state index contributed by atoms with van der Waals surface area (Å²) in [4.78, 5) is 13.8. The maximum Gasteiger partial charge on any atom is 0.227 e. The summed E-state index contributed by atoms with van der Waals surface area (Å²) in [7, 11) is 1.56. The van der Waals surface area contributed by atoms with Crippen LogP contribution in [0.25, 0.3) is 0 Å². The number of hydroxylamine groups is 1. The van der Waals surface area contributed by atoms with E-state index >= 15 is 0 Å². The Morgan fingerprint density at radius 2 is 2.10 bits per heavy atom. The van der Waals surface area contributed by atoms with Crippen LogP contribution in [0, 0.1) is 6.92 Å². The van der Waals surface area contributed by atoms with Gasteiger partial charge in [0.1, 0.15) is 0 Å². The first-order valence-corrected chi connectivity index (χ1v) is 6.73. The summed E-state index contributed by atoms with van der Waals surface area (Å²) in [6.45, 7) is 9.17. The summed E-state index contributed by atoms with van der Waals surface area (Å²) in [6.07, 6.45) is 0.398. The third kappa shape index (κ3) is 4.39. The van der Waals surface area contributed by atoms with Gasteiger partial charge in [-0.1, -0.05) is 6.92 Å². The molecule has 0 aliphatic carbocycles. The van der Waals surface area contributed by atoms with Gasteiger partial charge in [-0.3, -0.25) is 15.1 Å². The minimum Gasteiger partial charge on any atom is -0.307 e. The first-order chi connectivity index (χ1) is 9.90. The highest BCUT2D eigenvalue weighted by atomic mass is 16.5. The van der Waals surface area contributed by atoms with Gasteiger partial charge in [-0.25, -0.2) is 0 Å². The first kappa shape index (κ1) is 16.8. The zero-order chi connectivity index (χ0) is 16.0. The van der Waals surface area contributed by atoms with Crippen molar-refractivity contribution in [1.82, 2.24) is 0 Å². The first-order valence-electron chi connectivity index (χ1n) is 6.73. The SMILES string of the molecule is C=N/N=C(/C)CN(C(=O)CC)c1ccc(N(C)O)c(C)c1. The molecule has 1 N–H and O–H groups in total. The van der Waals surface area contributed by atoms with Crippen molar-refractivity contribution in [2.45, 2.75) is 27.2 Å². The Hall–Kier alpha value is -2.21. The lowest BCUT2D eigenvalue weighted by Gasteiger charge is -2.24. The molecule has 0 saturated heterocycles. The maximum absolute atomic E-state index is 12.1. The fraction of sp³-hybridized carbons (Fsp3) is 0.400. The predicted octanol–water partition coefficient (Wildman–Crippen LogP) is 2.64. The van der Waals surface area contributed by atoms with Crippen LogP contribution in [0.3, 0.4) is 0 Å². The normalized spacial score (nSPS) is 11.2. The third-order valence-electron chi connectivity index (χ3n) is 3.07. The van der Waals surface area contributed by atoms with Crippen molar-refractivity contribution < 1.29 is 10.0 Å². The zero-order valence-electron chi connectivity index (χ0n) is 13.0. The van der Waals surface area contributed by atoms with Gasteiger partial charge in [-0.15, -0.1) is 0 Å². The van der Waals surface area contributed by atoms with Crippen LogP contribution in [0.4, 0.5) is 11.4 Å². The molecule has 0 spiro atoms. The van der Waals surface area contributed by atoms with Gasteiger partial charge in [0.25, 0.3) is 0 Å². The number of hydrogen-bond acceptors (Lipinski definition) is 5. The van der Waals surface area contributed by atoms with Crippen LogP contribution in [0.2, 0.25) is 0 Å². The van der Waals surface area contributed by atoms with E-state index < -0.39 is 0 Å².